The Balaban J connectivity index is 1.68. The van der Waals surface area contributed by atoms with Gasteiger partial charge in [0.15, 0.2) is 0 Å². The summed E-state index contributed by atoms with van der Waals surface area (Å²) in [6, 6.07) is 13.3. The summed E-state index contributed by atoms with van der Waals surface area (Å²) in [6.45, 7) is 0.610. The van der Waals surface area contributed by atoms with E-state index in [0.717, 1.165) is 23.3 Å². The van der Waals surface area contributed by atoms with Gasteiger partial charge in [-0.15, -0.1) is 11.8 Å². The van der Waals surface area contributed by atoms with Crippen molar-refractivity contribution < 1.29 is 9.53 Å². The third-order valence-electron chi connectivity index (χ3n) is 3.44. The van der Waals surface area contributed by atoms with Gasteiger partial charge >= 0.3 is 0 Å². The maximum absolute atomic E-state index is 11.9. The lowest BCUT2D eigenvalue weighted by atomic mass is 10.1. The highest BCUT2D eigenvalue weighted by atomic mass is 35.5. The lowest BCUT2D eigenvalue weighted by molar-refractivity contribution is -0.118. The fourth-order valence-corrected chi connectivity index (χ4v) is 3.70. The van der Waals surface area contributed by atoms with Crippen LogP contribution in [0.25, 0.3) is 0 Å². The molecule has 128 valence electrons. The number of carbonyl (C=O) groups excluding carboxylic acids is 1. The molecular formula is C18H19Cl2NO2S. The summed E-state index contributed by atoms with van der Waals surface area (Å²) in [7, 11) is 1.64. The second-order valence-electron chi connectivity index (χ2n) is 5.14. The van der Waals surface area contributed by atoms with Gasteiger partial charge in [0.2, 0.25) is 5.91 Å². The first kappa shape index (κ1) is 19.0. The molecule has 2 rings (SSSR count). The van der Waals surface area contributed by atoms with E-state index in [-0.39, 0.29) is 5.91 Å². The largest absolute Gasteiger partial charge is 0.497 e. The molecule has 2 aromatic rings. The van der Waals surface area contributed by atoms with Crippen LogP contribution in [0.1, 0.15) is 11.1 Å². The third kappa shape index (κ3) is 5.93. The highest BCUT2D eigenvalue weighted by Crippen LogP contribution is 2.28. The van der Waals surface area contributed by atoms with Crippen molar-refractivity contribution in [3.8, 4) is 5.75 Å². The Labute approximate surface area is 156 Å². The second-order valence-corrected chi connectivity index (χ2v) is 6.94. The van der Waals surface area contributed by atoms with Crippen molar-refractivity contribution in [3.63, 3.8) is 0 Å². The van der Waals surface area contributed by atoms with E-state index in [9.17, 15) is 4.79 Å². The number of hydrogen-bond acceptors (Lipinski definition) is 3. The third-order valence-corrected chi connectivity index (χ3v) is 5.10. The van der Waals surface area contributed by atoms with E-state index < -0.39 is 0 Å². The highest BCUT2D eigenvalue weighted by molar-refractivity contribution is 7.99. The fourth-order valence-electron chi connectivity index (χ4n) is 2.11. The van der Waals surface area contributed by atoms with E-state index in [1.807, 2.05) is 30.3 Å². The van der Waals surface area contributed by atoms with Crippen LogP contribution < -0.4 is 10.1 Å². The molecule has 0 fully saturated rings. The van der Waals surface area contributed by atoms with Gasteiger partial charge in [-0.1, -0.05) is 41.4 Å². The van der Waals surface area contributed by atoms with E-state index in [1.54, 1.807) is 19.2 Å². The number of halogens is 2. The summed E-state index contributed by atoms with van der Waals surface area (Å²) in [5.41, 5.74) is 2.03. The first-order valence-corrected chi connectivity index (χ1v) is 9.41. The topological polar surface area (TPSA) is 38.3 Å². The lowest BCUT2D eigenvalue weighted by Crippen LogP contribution is -2.27. The Morgan fingerprint density at radius 1 is 1.12 bits per heavy atom. The van der Waals surface area contributed by atoms with Gasteiger partial charge in [-0.2, -0.15) is 0 Å². The molecule has 0 heterocycles. The zero-order valence-corrected chi connectivity index (χ0v) is 15.7. The summed E-state index contributed by atoms with van der Waals surface area (Å²) in [6.07, 6.45) is 0.788. The van der Waals surface area contributed by atoms with Crippen LogP contribution in [0.15, 0.2) is 42.5 Å². The molecule has 0 saturated carbocycles. The predicted octanol–water partition coefficient (Wildman–Crippen LogP) is 4.59. The first-order valence-electron chi connectivity index (χ1n) is 7.50. The first-order chi connectivity index (χ1) is 11.6. The fraction of sp³-hybridized carbons (Fsp3) is 0.278. The maximum Gasteiger partial charge on any atom is 0.230 e. The smallest absolute Gasteiger partial charge is 0.230 e. The number of benzene rings is 2. The highest BCUT2D eigenvalue weighted by Gasteiger charge is 2.07. The molecule has 0 aliphatic carbocycles. The van der Waals surface area contributed by atoms with Crippen LogP contribution >= 0.6 is 35.0 Å². The molecule has 0 unspecified atom stereocenters. The van der Waals surface area contributed by atoms with E-state index in [1.165, 1.54) is 11.8 Å². The summed E-state index contributed by atoms with van der Waals surface area (Å²) >= 11 is 13.7. The van der Waals surface area contributed by atoms with Gasteiger partial charge in [0.1, 0.15) is 5.75 Å². The molecule has 0 bridgehead atoms. The number of nitrogens with one attached hydrogen (secondary N) is 1. The van der Waals surface area contributed by atoms with Gasteiger partial charge in [0.25, 0.3) is 0 Å². The second kappa shape index (κ2) is 9.82. The Kier molecular flexibility index (Phi) is 7.76. The normalized spacial score (nSPS) is 10.5. The Hall–Kier alpha value is -1.36. The van der Waals surface area contributed by atoms with Crippen molar-refractivity contribution in [2.45, 2.75) is 12.2 Å². The van der Waals surface area contributed by atoms with Crippen LogP contribution in [-0.2, 0) is 17.0 Å². The van der Waals surface area contributed by atoms with Gasteiger partial charge in [-0.3, -0.25) is 4.79 Å². The average Bonchev–Trinajstić information content (AvgIpc) is 2.58. The van der Waals surface area contributed by atoms with Gasteiger partial charge in [-0.25, -0.2) is 0 Å². The van der Waals surface area contributed by atoms with Crippen LogP contribution in [0.4, 0.5) is 0 Å². The molecule has 0 aromatic heterocycles. The number of hydrogen-bond donors (Lipinski definition) is 1. The molecule has 6 heteroatoms. The monoisotopic (exact) mass is 383 g/mol. The van der Waals surface area contributed by atoms with E-state index in [4.69, 9.17) is 27.9 Å². The zero-order valence-electron chi connectivity index (χ0n) is 13.4. The summed E-state index contributed by atoms with van der Waals surface area (Å²) in [5, 5.41) is 4.19. The number of rotatable bonds is 8. The van der Waals surface area contributed by atoms with E-state index in [0.29, 0.717) is 28.1 Å². The van der Waals surface area contributed by atoms with Crippen LogP contribution in [0.3, 0.4) is 0 Å². The van der Waals surface area contributed by atoms with Crippen molar-refractivity contribution in [1.29, 1.82) is 0 Å². The standard InChI is InChI=1S/C18H19Cl2NO2S/c1-23-14-7-5-13(6-8-14)9-10-21-18(22)12-24-11-15-16(19)3-2-4-17(15)20/h2-8H,9-12H2,1H3,(H,21,22). The van der Waals surface area contributed by atoms with E-state index in [2.05, 4.69) is 5.32 Å². The molecule has 3 nitrogen and oxygen atoms in total. The predicted molar refractivity (Wildman–Crippen MR) is 102 cm³/mol. The molecule has 2 aromatic carbocycles. The molecule has 24 heavy (non-hydrogen) atoms. The minimum atomic E-state index is 0.0108. The molecule has 0 aliphatic rings. The molecular weight excluding hydrogens is 365 g/mol. The van der Waals surface area contributed by atoms with Crippen molar-refractivity contribution in [2.24, 2.45) is 0 Å². The molecule has 1 amide bonds. The number of amides is 1. The van der Waals surface area contributed by atoms with Crippen LogP contribution in [0, 0.1) is 0 Å². The Morgan fingerprint density at radius 2 is 1.79 bits per heavy atom. The molecule has 0 saturated heterocycles. The number of ether oxygens (including phenoxy) is 1. The molecule has 0 spiro atoms. The molecule has 0 atom stereocenters. The zero-order chi connectivity index (χ0) is 17.4. The minimum absolute atomic E-state index is 0.0108. The molecule has 1 N–H and O–H groups in total. The molecule has 0 aliphatic heterocycles. The van der Waals surface area contributed by atoms with Crippen LogP contribution in [0.2, 0.25) is 10.0 Å². The molecule has 0 radical (unpaired) electrons. The van der Waals surface area contributed by atoms with Gasteiger partial charge in [-0.05, 0) is 41.8 Å². The van der Waals surface area contributed by atoms with Gasteiger partial charge < -0.3 is 10.1 Å². The number of methoxy groups -OCH3 is 1. The Morgan fingerprint density at radius 3 is 2.42 bits per heavy atom. The summed E-state index contributed by atoms with van der Waals surface area (Å²) in [5.74, 6) is 1.84. The number of carbonyl (C=O) groups is 1. The summed E-state index contributed by atoms with van der Waals surface area (Å²) in [4.78, 5) is 11.9. The Bertz CT molecular complexity index is 657. The van der Waals surface area contributed by atoms with Crippen molar-refractivity contribution in [1.82, 2.24) is 5.32 Å². The van der Waals surface area contributed by atoms with Gasteiger partial charge in [0.05, 0.1) is 12.9 Å². The lowest BCUT2D eigenvalue weighted by Gasteiger charge is -2.08. The SMILES string of the molecule is COc1ccc(CCNC(=O)CSCc2c(Cl)cccc2Cl)cc1. The average molecular weight is 384 g/mol. The van der Waals surface area contributed by atoms with Crippen LogP contribution in [0.5, 0.6) is 5.75 Å². The van der Waals surface area contributed by atoms with Gasteiger partial charge in [0, 0.05) is 22.3 Å². The van der Waals surface area contributed by atoms with Crippen molar-refractivity contribution in [2.75, 3.05) is 19.4 Å². The van der Waals surface area contributed by atoms with Crippen molar-refractivity contribution >= 4 is 40.9 Å². The van der Waals surface area contributed by atoms with Crippen LogP contribution in [-0.4, -0.2) is 25.3 Å². The summed E-state index contributed by atoms with van der Waals surface area (Å²) < 4.78 is 5.12. The maximum atomic E-state index is 11.9. The van der Waals surface area contributed by atoms with E-state index >= 15 is 0 Å². The minimum Gasteiger partial charge on any atom is -0.497 e. The van der Waals surface area contributed by atoms with Crippen molar-refractivity contribution in [3.05, 3.63) is 63.6 Å². The quantitative estimate of drug-likeness (QED) is 0.723. The number of thioether (sulfide) groups is 1.